The van der Waals surface area contributed by atoms with E-state index < -0.39 is 27.9 Å². The highest BCUT2D eigenvalue weighted by Gasteiger charge is 2.20. The molecule has 0 saturated heterocycles. The summed E-state index contributed by atoms with van der Waals surface area (Å²) in [6.45, 7) is 1.80. The molecular formula is C21H21N3O7S2. The number of hydrogen-bond acceptors (Lipinski definition) is 9. The second kappa shape index (κ2) is 11.8. The fourth-order valence-electron chi connectivity index (χ4n) is 2.21. The van der Waals surface area contributed by atoms with Crippen LogP contribution in [0.4, 0.5) is 0 Å². The summed E-state index contributed by atoms with van der Waals surface area (Å²) in [7, 11) is -1.89. The number of sulfonamides is 1. The van der Waals surface area contributed by atoms with E-state index in [1.54, 1.807) is 37.3 Å². The third-order valence-corrected chi connectivity index (χ3v) is 6.01. The molecule has 0 spiro atoms. The lowest BCUT2D eigenvalue weighted by Gasteiger charge is -2.11. The molecule has 0 fully saturated rings. The molecule has 0 radical (unpaired) electrons. The van der Waals surface area contributed by atoms with Crippen molar-refractivity contribution in [1.82, 2.24) is 10.1 Å². The molecule has 2 N–H and O–H groups in total. The molecular weight excluding hydrogens is 470 g/mol. The van der Waals surface area contributed by atoms with Gasteiger partial charge in [0.1, 0.15) is 4.91 Å². The molecule has 10 nitrogen and oxygen atoms in total. The fraction of sp³-hybridized carbons (Fsp3) is 0.143. The standard InChI is InChI=1S/C21H21N3O7S2/c1-14-9-11-16(12-10-14)33(28,29)24-23-21(22-19(26)15-7-5-4-6-8-15)32-17(20(27)31-3)13-18(25)30-2/h4-13,24H,1-3H3,(H,22,23,26)/b17-13-. The molecule has 0 heterocycles. The zero-order valence-corrected chi connectivity index (χ0v) is 19.5. The molecule has 0 unspecified atom stereocenters. The molecule has 12 heteroatoms. The van der Waals surface area contributed by atoms with Crippen molar-refractivity contribution in [3.63, 3.8) is 0 Å². The lowest BCUT2D eigenvalue weighted by atomic mass is 10.2. The number of hydrazone groups is 1. The molecule has 174 valence electrons. The number of nitrogens with one attached hydrogen (secondary N) is 2. The minimum absolute atomic E-state index is 0.0612. The van der Waals surface area contributed by atoms with E-state index in [4.69, 9.17) is 0 Å². The van der Waals surface area contributed by atoms with Crippen molar-refractivity contribution in [1.29, 1.82) is 0 Å². The third kappa shape index (κ3) is 7.77. The number of hydrogen-bond donors (Lipinski definition) is 2. The second-order valence-electron chi connectivity index (χ2n) is 6.27. The third-order valence-electron chi connectivity index (χ3n) is 3.90. The van der Waals surface area contributed by atoms with Crippen LogP contribution in [0.2, 0.25) is 0 Å². The minimum atomic E-state index is -4.09. The van der Waals surface area contributed by atoms with E-state index in [0.29, 0.717) is 11.8 Å². The van der Waals surface area contributed by atoms with Crippen LogP contribution in [0, 0.1) is 6.92 Å². The summed E-state index contributed by atoms with van der Waals surface area (Å²) in [5.74, 6) is -2.41. The van der Waals surface area contributed by atoms with E-state index in [1.165, 1.54) is 24.3 Å². The van der Waals surface area contributed by atoms with Gasteiger partial charge in [-0.05, 0) is 43.0 Å². The first-order valence-corrected chi connectivity index (χ1v) is 11.5. The Morgan fingerprint density at radius 1 is 0.970 bits per heavy atom. The van der Waals surface area contributed by atoms with Crippen LogP contribution < -0.4 is 10.1 Å². The molecule has 33 heavy (non-hydrogen) atoms. The van der Waals surface area contributed by atoms with Crippen LogP contribution in [0.25, 0.3) is 0 Å². The molecule has 2 rings (SSSR count). The van der Waals surface area contributed by atoms with Gasteiger partial charge in [0.2, 0.25) is 0 Å². The summed E-state index contributed by atoms with van der Waals surface area (Å²) in [6.07, 6.45) is 0.829. The van der Waals surface area contributed by atoms with Crippen LogP contribution in [-0.2, 0) is 29.1 Å². The highest BCUT2D eigenvalue weighted by atomic mass is 32.2. The monoisotopic (exact) mass is 491 g/mol. The first-order valence-electron chi connectivity index (χ1n) is 9.24. The number of thioether (sulfide) groups is 1. The largest absolute Gasteiger partial charge is 0.466 e. The SMILES string of the molecule is COC(=O)/C=C(\S/C(=N\NS(=O)(=O)c1ccc(C)cc1)NC(=O)c1ccccc1)C(=O)OC. The van der Waals surface area contributed by atoms with Crippen LogP contribution in [0.15, 0.2) is 75.6 Å². The van der Waals surface area contributed by atoms with Crippen molar-refractivity contribution in [2.75, 3.05) is 14.2 Å². The number of carbonyl (C=O) groups is 3. The van der Waals surface area contributed by atoms with Crippen molar-refractivity contribution >= 4 is 44.8 Å². The van der Waals surface area contributed by atoms with E-state index in [-0.39, 0.29) is 20.5 Å². The minimum Gasteiger partial charge on any atom is -0.466 e. The summed E-state index contributed by atoms with van der Waals surface area (Å²) in [5.41, 5.74) is 1.11. The van der Waals surface area contributed by atoms with E-state index in [0.717, 1.165) is 25.9 Å². The molecule has 2 aromatic rings. The average molecular weight is 492 g/mol. The van der Waals surface area contributed by atoms with Gasteiger partial charge in [0.05, 0.1) is 19.1 Å². The van der Waals surface area contributed by atoms with Crippen LogP contribution in [0.5, 0.6) is 0 Å². The van der Waals surface area contributed by atoms with Crippen molar-refractivity contribution in [3.05, 3.63) is 76.7 Å². The lowest BCUT2D eigenvalue weighted by Crippen LogP contribution is -2.32. The number of amides is 1. The Labute approximate surface area is 195 Å². The Balaban J connectivity index is 2.39. The predicted molar refractivity (Wildman–Crippen MR) is 123 cm³/mol. The topological polar surface area (TPSA) is 140 Å². The van der Waals surface area contributed by atoms with Gasteiger partial charge in [-0.2, -0.15) is 13.2 Å². The quantitative estimate of drug-likeness (QED) is 0.197. The zero-order chi connectivity index (χ0) is 24.4. The van der Waals surface area contributed by atoms with Gasteiger partial charge < -0.3 is 9.47 Å². The van der Waals surface area contributed by atoms with Gasteiger partial charge in [-0.15, -0.1) is 5.10 Å². The zero-order valence-electron chi connectivity index (χ0n) is 17.9. The van der Waals surface area contributed by atoms with E-state index >= 15 is 0 Å². The van der Waals surface area contributed by atoms with E-state index in [9.17, 15) is 22.8 Å². The Morgan fingerprint density at radius 2 is 1.61 bits per heavy atom. The summed E-state index contributed by atoms with van der Waals surface area (Å²) in [4.78, 5) is 37.9. The summed E-state index contributed by atoms with van der Waals surface area (Å²) >= 11 is 0.504. The van der Waals surface area contributed by atoms with Gasteiger partial charge in [0.15, 0.2) is 5.17 Å². The summed E-state index contributed by atoms with van der Waals surface area (Å²) < 4.78 is 34.3. The van der Waals surface area contributed by atoms with E-state index in [1.807, 2.05) is 4.83 Å². The number of methoxy groups -OCH3 is 2. The average Bonchev–Trinajstić information content (AvgIpc) is 2.82. The first-order chi connectivity index (χ1) is 15.7. The number of aryl methyl sites for hydroxylation is 1. The molecule has 1 amide bonds. The van der Waals surface area contributed by atoms with Gasteiger partial charge in [-0.1, -0.05) is 35.9 Å². The number of nitrogens with zero attached hydrogens (tertiary/aromatic N) is 1. The van der Waals surface area contributed by atoms with Crippen LogP contribution in [-0.4, -0.2) is 45.7 Å². The normalized spacial score (nSPS) is 12.0. The summed E-state index contributed by atoms with van der Waals surface area (Å²) in [5, 5.41) is 5.84. The number of ether oxygens (including phenoxy) is 2. The molecule has 0 bridgehead atoms. The van der Waals surface area contributed by atoms with E-state index in [2.05, 4.69) is 19.9 Å². The van der Waals surface area contributed by atoms with Crippen LogP contribution >= 0.6 is 11.8 Å². The Hall–Kier alpha value is -3.64. The first kappa shape index (κ1) is 25.6. The number of esters is 2. The maximum absolute atomic E-state index is 12.6. The fourth-order valence-corrected chi connectivity index (χ4v) is 3.84. The van der Waals surface area contributed by atoms with Gasteiger partial charge in [-0.3, -0.25) is 10.1 Å². The van der Waals surface area contributed by atoms with Crippen molar-refractivity contribution in [2.45, 2.75) is 11.8 Å². The van der Waals surface area contributed by atoms with Crippen molar-refractivity contribution < 1.29 is 32.3 Å². The molecule has 2 aromatic carbocycles. The Kier molecular flexibility index (Phi) is 9.18. The number of amidine groups is 1. The molecule has 0 aliphatic rings. The van der Waals surface area contributed by atoms with Gasteiger partial charge >= 0.3 is 11.9 Å². The highest BCUT2D eigenvalue weighted by molar-refractivity contribution is 8.17. The van der Waals surface area contributed by atoms with Crippen molar-refractivity contribution in [3.8, 4) is 0 Å². The van der Waals surface area contributed by atoms with Crippen molar-refractivity contribution in [2.24, 2.45) is 5.10 Å². The number of rotatable bonds is 7. The van der Waals surface area contributed by atoms with Gasteiger partial charge in [0.25, 0.3) is 15.9 Å². The Morgan fingerprint density at radius 3 is 2.18 bits per heavy atom. The smallest absolute Gasteiger partial charge is 0.345 e. The van der Waals surface area contributed by atoms with Gasteiger partial charge in [0, 0.05) is 11.6 Å². The highest BCUT2D eigenvalue weighted by Crippen LogP contribution is 2.19. The van der Waals surface area contributed by atoms with Crippen LogP contribution in [0.1, 0.15) is 15.9 Å². The maximum atomic E-state index is 12.6. The Bertz CT molecular complexity index is 1180. The second-order valence-corrected chi connectivity index (χ2v) is 8.96. The molecule has 0 aromatic heterocycles. The molecule has 0 saturated carbocycles. The lowest BCUT2D eigenvalue weighted by molar-refractivity contribution is -0.137. The number of carbonyl (C=O) groups excluding carboxylic acids is 3. The summed E-state index contributed by atoms with van der Waals surface area (Å²) in [6, 6.07) is 14.0. The number of benzene rings is 2. The maximum Gasteiger partial charge on any atom is 0.345 e. The molecule has 0 aliphatic heterocycles. The van der Waals surface area contributed by atoms with Gasteiger partial charge in [-0.25, -0.2) is 9.59 Å². The molecule has 0 atom stereocenters. The van der Waals surface area contributed by atoms with Crippen LogP contribution in [0.3, 0.4) is 0 Å². The molecule has 0 aliphatic carbocycles. The predicted octanol–water partition coefficient (Wildman–Crippen LogP) is 1.94.